The van der Waals surface area contributed by atoms with Crippen molar-refractivity contribution < 1.29 is 14.0 Å². The van der Waals surface area contributed by atoms with Gasteiger partial charge in [-0.05, 0) is 47.8 Å². The van der Waals surface area contributed by atoms with Gasteiger partial charge in [0.15, 0.2) is 5.82 Å². The fourth-order valence-electron chi connectivity index (χ4n) is 4.32. The summed E-state index contributed by atoms with van der Waals surface area (Å²) in [6.07, 6.45) is 11.7. The van der Waals surface area contributed by atoms with Crippen molar-refractivity contribution in [3.63, 3.8) is 0 Å². The predicted molar refractivity (Wildman–Crippen MR) is 162 cm³/mol. The molecule has 0 bridgehead atoms. The predicted octanol–water partition coefficient (Wildman–Crippen LogP) is 5.00. The molecule has 0 aliphatic carbocycles. The molecule has 14 nitrogen and oxygen atoms in total. The van der Waals surface area contributed by atoms with Crippen LogP contribution in [0.4, 0.5) is 11.5 Å². The van der Waals surface area contributed by atoms with Gasteiger partial charge in [-0.3, -0.25) is 19.8 Å². The van der Waals surface area contributed by atoms with Gasteiger partial charge in [0, 0.05) is 47.4 Å². The summed E-state index contributed by atoms with van der Waals surface area (Å²) in [7, 11) is 0. The lowest BCUT2D eigenvalue weighted by Gasteiger charge is -1.98. The molecule has 8 aromatic rings. The Morgan fingerprint density at radius 3 is 2.18 bits per heavy atom. The zero-order chi connectivity index (χ0) is 29.9. The Bertz CT molecular complexity index is 2010. The number of amides is 2. The normalized spacial score (nSPS) is 10.9. The number of thiophene rings is 1. The van der Waals surface area contributed by atoms with Crippen LogP contribution in [0.15, 0.2) is 107 Å². The molecule has 15 heteroatoms. The van der Waals surface area contributed by atoms with Gasteiger partial charge < -0.3 is 23.9 Å². The van der Waals surface area contributed by atoms with E-state index < -0.39 is 0 Å². The van der Waals surface area contributed by atoms with Crippen LogP contribution in [0.5, 0.6) is 0 Å². The van der Waals surface area contributed by atoms with Crippen LogP contribution >= 0.6 is 11.3 Å². The topological polar surface area (TPSA) is 176 Å². The lowest BCUT2D eigenvalue weighted by Crippen LogP contribution is -2.12. The Morgan fingerprint density at radius 2 is 1.55 bits per heavy atom. The number of aromatic nitrogens is 9. The second-order valence-electron chi connectivity index (χ2n) is 9.32. The highest BCUT2D eigenvalue weighted by Gasteiger charge is 2.14. The molecule has 0 aliphatic rings. The second kappa shape index (κ2) is 11.5. The first-order valence-corrected chi connectivity index (χ1v) is 14.0. The number of hydrogen-bond donors (Lipinski definition) is 4. The molecule has 0 radical (unpaired) electrons. The molecule has 0 spiro atoms. The molecular formula is C29H21N11O3S. The van der Waals surface area contributed by atoms with E-state index in [1.165, 1.54) is 17.7 Å². The number of carbonyl (C=O) groups is 2. The number of imidazole rings is 2. The maximum absolute atomic E-state index is 12.2. The van der Waals surface area contributed by atoms with Gasteiger partial charge in [-0.2, -0.15) is 21.5 Å². The minimum atomic E-state index is -0.299. The van der Waals surface area contributed by atoms with Crippen molar-refractivity contribution in [3.05, 3.63) is 114 Å². The minimum absolute atomic E-state index is 0.233. The van der Waals surface area contributed by atoms with Gasteiger partial charge in [0.25, 0.3) is 11.8 Å². The van der Waals surface area contributed by atoms with Gasteiger partial charge in [-0.15, -0.1) is 0 Å². The smallest absolute Gasteiger partial charge is 0.277 e. The van der Waals surface area contributed by atoms with Crippen LogP contribution in [0.25, 0.3) is 34.0 Å². The van der Waals surface area contributed by atoms with Crippen molar-refractivity contribution in [2.45, 2.75) is 0 Å². The highest BCUT2D eigenvalue weighted by molar-refractivity contribution is 7.08. The van der Waals surface area contributed by atoms with Gasteiger partial charge in [-0.25, -0.2) is 15.0 Å². The first-order valence-electron chi connectivity index (χ1n) is 13.1. The molecular weight excluding hydrogens is 582 g/mol. The lowest BCUT2D eigenvalue weighted by atomic mass is 10.2. The van der Waals surface area contributed by atoms with E-state index in [1.807, 2.05) is 65.6 Å². The van der Waals surface area contributed by atoms with Crippen LogP contribution in [0, 0.1) is 0 Å². The minimum Gasteiger partial charge on any atom is -0.464 e. The standard InChI is InChI=1S/C15H11N5O2.C14H10N6OS/c21-15(18-13-5-6-16-19-13)11-9-20-8-10(3-4-14(20)17-11)12-2-1-7-22-12;21-14(17-10-3-4-22-7-10)11-6-20-5-9(1-2-12(20)18-11)13-15-8-16-19-13/h1-9H,(H2,16,18,19,21);1-8H,(H,17,21)(H,15,16,19). The van der Waals surface area contributed by atoms with Gasteiger partial charge in [0.2, 0.25) is 0 Å². The van der Waals surface area contributed by atoms with E-state index in [0.717, 1.165) is 22.6 Å². The Labute approximate surface area is 251 Å². The SMILES string of the molecule is O=C(Nc1ccn[nH]1)c1cn2cc(-c3ccco3)ccc2n1.O=C(Nc1ccsc1)c1cn2cc(-c3ncn[nH]3)ccc2n1. The molecule has 0 unspecified atom stereocenters. The van der Waals surface area contributed by atoms with E-state index in [-0.39, 0.29) is 11.8 Å². The van der Waals surface area contributed by atoms with Gasteiger partial charge >= 0.3 is 0 Å². The molecule has 44 heavy (non-hydrogen) atoms. The first-order chi connectivity index (χ1) is 21.6. The lowest BCUT2D eigenvalue weighted by molar-refractivity contribution is 0.101. The molecule has 216 valence electrons. The van der Waals surface area contributed by atoms with E-state index in [2.05, 4.69) is 46.0 Å². The monoisotopic (exact) mass is 603 g/mol. The van der Waals surface area contributed by atoms with E-state index in [0.29, 0.717) is 34.3 Å². The Morgan fingerprint density at radius 1 is 0.795 bits per heavy atom. The average Bonchev–Trinajstić information content (AvgIpc) is 3.89. The Balaban J connectivity index is 0.000000142. The van der Waals surface area contributed by atoms with Crippen molar-refractivity contribution in [2.75, 3.05) is 10.6 Å². The molecule has 8 aromatic heterocycles. The number of fused-ring (bicyclic) bond motifs is 2. The summed E-state index contributed by atoms with van der Waals surface area (Å²) < 4.78 is 8.95. The zero-order valence-corrected chi connectivity index (χ0v) is 23.4. The first kappa shape index (κ1) is 26.5. The third-order valence-electron chi connectivity index (χ3n) is 6.39. The van der Waals surface area contributed by atoms with Crippen molar-refractivity contribution in [3.8, 4) is 22.7 Å². The number of carbonyl (C=O) groups excluding carboxylic acids is 2. The quantitative estimate of drug-likeness (QED) is 0.205. The molecule has 2 amide bonds. The van der Waals surface area contributed by atoms with Gasteiger partial charge in [0.05, 0.1) is 18.1 Å². The van der Waals surface area contributed by atoms with Crippen LogP contribution in [0.1, 0.15) is 21.0 Å². The summed E-state index contributed by atoms with van der Waals surface area (Å²) in [5.74, 6) is 1.42. The summed E-state index contributed by atoms with van der Waals surface area (Å²) in [6.45, 7) is 0. The number of aromatic amines is 2. The van der Waals surface area contributed by atoms with Crippen molar-refractivity contribution in [1.82, 2.24) is 44.1 Å². The van der Waals surface area contributed by atoms with Crippen LogP contribution in [0.2, 0.25) is 0 Å². The summed E-state index contributed by atoms with van der Waals surface area (Å²) in [6, 6.07) is 14.7. The highest BCUT2D eigenvalue weighted by Crippen LogP contribution is 2.21. The van der Waals surface area contributed by atoms with E-state index in [9.17, 15) is 9.59 Å². The van der Waals surface area contributed by atoms with Crippen molar-refractivity contribution >= 4 is 46.0 Å². The molecule has 0 aromatic carbocycles. The van der Waals surface area contributed by atoms with E-state index >= 15 is 0 Å². The van der Waals surface area contributed by atoms with Crippen LogP contribution in [-0.2, 0) is 0 Å². The molecule has 0 aliphatic heterocycles. The second-order valence-corrected chi connectivity index (χ2v) is 10.1. The van der Waals surface area contributed by atoms with Crippen LogP contribution < -0.4 is 10.6 Å². The number of hydrogen-bond acceptors (Lipinski definition) is 9. The molecule has 8 heterocycles. The highest BCUT2D eigenvalue weighted by atomic mass is 32.1. The van der Waals surface area contributed by atoms with E-state index in [4.69, 9.17) is 4.42 Å². The average molecular weight is 604 g/mol. The molecule has 0 saturated heterocycles. The van der Waals surface area contributed by atoms with Crippen LogP contribution in [0.3, 0.4) is 0 Å². The fraction of sp³-hybridized carbons (Fsp3) is 0. The molecule has 0 saturated carbocycles. The van der Waals surface area contributed by atoms with Crippen molar-refractivity contribution in [1.29, 1.82) is 0 Å². The third kappa shape index (κ3) is 5.57. The number of rotatable bonds is 6. The zero-order valence-electron chi connectivity index (χ0n) is 22.6. The number of furan rings is 1. The number of nitrogens with zero attached hydrogens (tertiary/aromatic N) is 7. The number of pyridine rings is 2. The molecule has 8 rings (SSSR count). The molecule has 4 N–H and O–H groups in total. The molecule has 0 atom stereocenters. The summed E-state index contributed by atoms with van der Waals surface area (Å²) in [5, 5.41) is 22.4. The van der Waals surface area contributed by atoms with Gasteiger partial charge in [-0.1, -0.05) is 0 Å². The van der Waals surface area contributed by atoms with Gasteiger partial charge in [0.1, 0.15) is 40.6 Å². The number of anilines is 2. The van der Waals surface area contributed by atoms with Crippen LogP contribution in [-0.4, -0.2) is 56.0 Å². The summed E-state index contributed by atoms with van der Waals surface area (Å²) in [4.78, 5) is 37.1. The van der Waals surface area contributed by atoms with Crippen molar-refractivity contribution in [2.24, 2.45) is 0 Å². The third-order valence-corrected chi connectivity index (χ3v) is 7.07. The largest absolute Gasteiger partial charge is 0.464 e. The Kier molecular flexibility index (Phi) is 6.94. The fourth-order valence-corrected chi connectivity index (χ4v) is 4.91. The summed E-state index contributed by atoms with van der Waals surface area (Å²) in [5.41, 5.74) is 4.62. The Hall–Kier alpha value is -6.35. The maximum atomic E-state index is 12.2. The number of H-pyrrole nitrogens is 2. The van der Waals surface area contributed by atoms with E-state index in [1.54, 1.807) is 39.7 Å². The maximum Gasteiger partial charge on any atom is 0.277 e. The number of nitrogens with one attached hydrogen (secondary N) is 4. The molecule has 0 fully saturated rings. The summed E-state index contributed by atoms with van der Waals surface area (Å²) >= 11 is 1.53.